The second-order valence-electron chi connectivity index (χ2n) is 4.24. The number of benzene rings is 1. The summed E-state index contributed by atoms with van der Waals surface area (Å²) in [5.74, 6) is 0.621. The van der Waals surface area contributed by atoms with Crippen molar-refractivity contribution in [1.82, 2.24) is 0 Å². The van der Waals surface area contributed by atoms with Crippen LogP contribution in [0.1, 0.15) is 37.0 Å². The van der Waals surface area contributed by atoms with Gasteiger partial charge in [0.1, 0.15) is 0 Å². The number of rotatable bonds is 0. The minimum absolute atomic E-state index is 0.278. The highest BCUT2D eigenvalue weighted by atomic mass is 79.9. The minimum atomic E-state index is -0.278. The highest BCUT2D eigenvalue weighted by Crippen LogP contribution is 2.33. The molecular weight excluding hydrogens is 240 g/mol. The normalized spacial score (nSPS) is 26.8. The third-order valence-electron chi connectivity index (χ3n) is 3.00. The van der Waals surface area contributed by atoms with Crippen LogP contribution in [0.25, 0.3) is 0 Å². The Morgan fingerprint density at radius 1 is 1.43 bits per heavy atom. The lowest BCUT2D eigenvalue weighted by Gasteiger charge is -2.13. The fourth-order valence-electron chi connectivity index (χ4n) is 2.13. The van der Waals surface area contributed by atoms with E-state index >= 15 is 0 Å². The third-order valence-corrected chi connectivity index (χ3v) is 3.49. The number of hydrogen-bond acceptors (Lipinski definition) is 1. The van der Waals surface area contributed by atoms with Crippen LogP contribution in [0.3, 0.4) is 0 Å². The second-order valence-corrected chi connectivity index (χ2v) is 5.15. The van der Waals surface area contributed by atoms with Crippen molar-refractivity contribution in [3.05, 3.63) is 33.8 Å². The molecule has 0 fully saturated rings. The zero-order valence-corrected chi connectivity index (χ0v) is 9.92. The summed E-state index contributed by atoms with van der Waals surface area (Å²) in [7, 11) is 0. The van der Waals surface area contributed by atoms with Gasteiger partial charge in [0.05, 0.1) is 6.10 Å². The summed E-state index contributed by atoms with van der Waals surface area (Å²) >= 11 is 3.45. The summed E-state index contributed by atoms with van der Waals surface area (Å²) in [5.41, 5.74) is 2.42. The van der Waals surface area contributed by atoms with Gasteiger partial charge in [0.15, 0.2) is 0 Å². The van der Waals surface area contributed by atoms with E-state index in [0.29, 0.717) is 5.92 Å². The van der Waals surface area contributed by atoms with E-state index in [9.17, 15) is 5.11 Å². The largest absolute Gasteiger partial charge is 0.388 e. The molecule has 14 heavy (non-hydrogen) atoms. The summed E-state index contributed by atoms with van der Waals surface area (Å²) in [6.45, 7) is 2.21. The van der Waals surface area contributed by atoms with Crippen LogP contribution in [0.4, 0.5) is 0 Å². The maximum atomic E-state index is 10.0. The van der Waals surface area contributed by atoms with Crippen LogP contribution in [0.15, 0.2) is 22.7 Å². The predicted molar refractivity (Wildman–Crippen MR) is 61.2 cm³/mol. The Morgan fingerprint density at radius 3 is 3.00 bits per heavy atom. The van der Waals surface area contributed by atoms with Crippen molar-refractivity contribution in [2.75, 3.05) is 0 Å². The summed E-state index contributed by atoms with van der Waals surface area (Å²) in [6.07, 6.45) is 2.90. The average Bonchev–Trinajstić information content (AvgIpc) is 2.27. The summed E-state index contributed by atoms with van der Waals surface area (Å²) in [5, 5.41) is 10.0. The molecule has 0 aliphatic heterocycles. The Kier molecular flexibility index (Phi) is 2.93. The van der Waals surface area contributed by atoms with Crippen LogP contribution in [-0.4, -0.2) is 5.11 Å². The topological polar surface area (TPSA) is 20.2 Å². The average molecular weight is 255 g/mol. The second kappa shape index (κ2) is 4.03. The molecule has 0 aromatic heterocycles. The zero-order valence-electron chi connectivity index (χ0n) is 8.33. The molecular formula is C12H15BrO. The number of aryl methyl sites for hydroxylation is 1. The molecule has 0 amide bonds. The van der Waals surface area contributed by atoms with E-state index in [0.717, 1.165) is 22.9 Å². The molecule has 0 heterocycles. The first-order valence-electron chi connectivity index (χ1n) is 5.13. The summed E-state index contributed by atoms with van der Waals surface area (Å²) in [6, 6.07) is 6.24. The molecule has 1 aliphatic carbocycles. The number of aliphatic hydroxyl groups excluding tert-OH is 1. The first kappa shape index (κ1) is 10.2. The van der Waals surface area contributed by atoms with Crippen molar-refractivity contribution in [3.8, 4) is 0 Å². The molecule has 2 rings (SSSR count). The number of fused-ring (bicyclic) bond motifs is 1. The maximum Gasteiger partial charge on any atom is 0.0795 e. The SMILES string of the molecule is CC1CCc2ccc(Br)cc2C(O)C1. The van der Waals surface area contributed by atoms with Crippen molar-refractivity contribution in [2.45, 2.75) is 32.3 Å². The maximum absolute atomic E-state index is 10.0. The van der Waals surface area contributed by atoms with Gasteiger partial charge in [0, 0.05) is 4.47 Å². The predicted octanol–water partition coefficient (Wildman–Crippen LogP) is 3.45. The number of halogens is 1. The van der Waals surface area contributed by atoms with Gasteiger partial charge in [-0.15, -0.1) is 0 Å². The van der Waals surface area contributed by atoms with Crippen LogP contribution in [0, 0.1) is 5.92 Å². The Hall–Kier alpha value is -0.340. The Bertz CT molecular complexity index is 335. The summed E-state index contributed by atoms with van der Waals surface area (Å²) < 4.78 is 1.06. The van der Waals surface area contributed by atoms with Gasteiger partial charge >= 0.3 is 0 Å². The molecule has 0 radical (unpaired) electrons. The third kappa shape index (κ3) is 2.01. The number of hydrogen-bond donors (Lipinski definition) is 1. The fraction of sp³-hybridized carbons (Fsp3) is 0.500. The molecule has 1 aromatic rings. The first-order valence-corrected chi connectivity index (χ1v) is 5.92. The standard InChI is InChI=1S/C12H15BrO/c1-8-2-3-9-4-5-10(13)7-11(9)12(14)6-8/h4-5,7-8,12,14H,2-3,6H2,1H3. The molecule has 2 atom stereocenters. The van der Waals surface area contributed by atoms with E-state index in [1.54, 1.807) is 0 Å². The van der Waals surface area contributed by atoms with E-state index in [1.807, 2.05) is 0 Å². The Labute approximate surface area is 93.3 Å². The van der Waals surface area contributed by atoms with Gasteiger partial charge in [-0.1, -0.05) is 28.9 Å². The lowest BCUT2D eigenvalue weighted by atomic mass is 10.00. The lowest BCUT2D eigenvalue weighted by Crippen LogP contribution is -2.01. The van der Waals surface area contributed by atoms with Crippen molar-refractivity contribution < 1.29 is 5.11 Å². The van der Waals surface area contributed by atoms with E-state index in [4.69, 9.17) is 0 Å². The first-order chi connectivity index (χ1) is 6.66. The molecule has 2 unspecified atom stereocenters. The van der Waals surface area contributed by atoms with Crippen LogP contribution < -0.4 is 0 Å². The number of aliphatic hydroxyl groups is 1. The molecule has 1 nitrogen and oxygen atoms in total. The van der Waals surface area contributed by atoms with Gasteiger partial charge in [-0.05, 0) is 48.4 Å². The van der Waals surface area contributed by atoms with Gasteiger partial charge in [0.2, 0.25) is 0 Å². The van der Waals surface area contributed by atoms with Crippen LogP contribution in [0.5, 0.6) is 0 Å². The summed E-state index contributed by atoms with van der Waals surface area (Å²) in [4.78, 5) is 0. The van der Waals surface area contributed by atoms with Crippen LogP contribution in [-0.2, 0) is 6.42 Å². The van der Waals surface area contributed by atoms with Gasteiger partial charge < -0.3 is 5.11 Å². The smallest absolute Gasteiger partial charge is 0.0795 e. The Balaban J connectivity index is 2.39. The van der Waals surface area contributed by atoms with E-state index in [-0.39, 0.29) is 6.10 Å². The van der Waals surface area contributed by atoms with Crippen molar-refractivity contribution in [3.63, 3.8) is 0 Å². The molecule has 1 aliphatic rings. The van der Waals surface area contributed by atoms with Gasteiger partial charge in [-0.3, -0.25) is 0 Å². The van der Waals surface area contributed by atoms with Crippen molar-refractivity contribution >= 4 is 15.9 Å². The van der Waals surface area contributed by atoms with Crippen molar-refractivity contribution in [1.29, 1.82) is 0 Å². The highest BCUT2D eigenvalue weighted by Gasteiger charge is 2.20. The van der Waals surface area contributed by atoms with Crippen molar-refractivity contribution in [2.24, 2.45) is 5.92 Å². The van der Waals surface area contributed by atoms with E-state index in [1.165, 1.54) is 12.0 Å². The van der Waals surface area contributed by atoms with Crippen LogP contribution >= 0.6 is 15.9 Å². The molecule has 0 saturated heterocycles. The van der Waals surface area contributed by atoms with Crippen LogP contribution in [0.2, 0.25) is 0 Å². The lowest BCUT2D eigenvalue weighted by molar-refractivity contribution is 0.150. The zero-order chi connectivity index (χ0) is 10.1. The van der Waals surface area contributed by atoms with Gasteiger partial charge in [-0.2, -0.15) is 0 Å². The van der Waals surface area contributed by atoms with E-state index < -0.39 is 0 Å². The molecule has 0 saturated carbocycles. The molecule has 0 spiro atoms. The molecule has 2 heteroatoms. The minimum Gasteiger partial charge on any atom is -0.388 e. The molecule has 1 aromatic carbocycles. The quantitative estimate of drug-likeness (QED) is 0.704. The molecule has 0 bridgehead atoms. The highest BCUT2D eigenvalue weighted by molar-refractivity contribution is 9.10. The fourth-order valence-corrected chi connectivity index (χ4v) is 2.51. The van der Waals surface area contributed by atoms with Gasteiger partial charge in [-0.25, -0.2) is 0 Å². The monoisotopic (exact) mass is 254 g/mol. The molecule has 1 N–H and O–H groups in total. The Morgan fingerprint density at radius 2 is 2.21 bits per heavy atom. The van der Waals surface area contributed by atoms with E-state index in [2.05, 4.69) is 41.1 Å². The molecule has 76 valence electrons. The van der Waals surface area contributed by atoms with Gasteiger partial charge in [0.25, 0.3) is 0 Å².